The van der Waals surface area contributed by atoms with E-state index >= 15 is 0 Å². The highest BCUT2D eigenvalue weighted by molar-refractivity contribution is 6.10. The van der Waals surface area contributed by atoms with Crippen molar-refractivity contribution in [2.75, 3.05) is 44.7 Å². The zero-order valence-electron chi connectivity index (χ0n) is 20.5. The second-order valence-corrected chi connectivity index (χ2v) is 10.5. The summed E-state index contributed by atoms with van der Waals surface area (Å²) in [5.74, 6) is -0.499. The first-order valence-corrected chi connectivity index (χ1v) is 12.6. The molecule has 1 N–H and O–H groups in total. The van der Waals surface area contributed by atoms with Crippen LogP contribution >= 0.6 is 0 Å². The Balaban J connectivity index is 1.52. The lowest BCUT2D eigenvalue weighted by Gasteiger charge is -2.37. The van der Waals surface area contributed by atoms with Gasteiger partial charge in [0, 0.05) is 50.6 Å². The molecule has 4 aliphatic heterocycles. The van der Waals surface area contributed by atoms with Crippen LogP contribution in [0, 0.1) is 5.92 Å². The van der Waals surface area contributed by atoms with Gasteiger partial charge in [-0.05, 0) is 58.6 Å². The van der Waals surface area contributed by atoms with Crippen molar-refractivity contribution >= 4 is 23.4 Å². The number of nitrogens with zero attached hydrogens (tertiary/aromatic N) is 3. The highest BCUT2D eigenvalue weighted by Crippen LogP contribution is 2.57. The molecule has 3 atom stereocenters. The first kappa shape index (κ1) is 23.3. The number of rotatable bonds is 2. The molecule has 184 valence electrons. The second kappa shape index (κ2) is 8.64. The van der Waals surface area contributed by atoms with Gasteiger partial charge in [-0.25, -0.2) is 0 Å². The Bertz CT molecular complexity index is 995. The van der Waals surface area contributed by atoms with Crippen LogP contribution in [0.3, 0.4) is 0 Å². The van der Waals surface area contributed by atoms with E-state index < -0.39 is 17.1 Å². The first-order valence-electron chi connectivity index (χ1n) is 12.6. The van der Waals surface area contributed by atoms with Crippen LogP contribution in [0.1, 0.15) is 51.5 Å². The van der Waals surface area contributed by atoms with Gasteiger partial charge in [-0.2, -0.15) is 0 Å². The average molecular weight is 469 g/mol. The Morgan fingerprint density at radius 3 is 2.65 bits per heavy atom. The number of carbonyl (C=O) groups is 3. The van der Waals surface area contributed by atoms with Crippen molar-refractivity contribution in [3.05, 3.63) is 29.8 Å². The number of benzene rings is 1. The van der Waals surface area contributed by atoms with Gasteiger partial charge >= 0.3 is 0 Å². The summed E-state index contributed by atoms with van der Waals surface area (Å²) in [5.41, 5.74) is 0.0443. The van der Waals surface area contributed by atoms with Crippen molar-refractivity contribution in [1.82, 2.24) is 15.1 Å². The first-order chi connectivity index (χ1) is 16.3. The van der Waals surface area contributed by atoms with Gasteiger partial charge in [0.25, 0.3) is 11.8 Å². The van der Waals surface area contributed by atoms with Gasteiger partial charge < -0.3 is 19.9 Å². The van der Waals surface area contributed by atoms with Gasteiger partial charge in [-0.15, -0.1) is 0 Å². The third kappa shape index (κ3) is 3.37. The van der Waals surface area contributed by atoms with Crippen LogP contribution < -0.4 is 10.2 Å². The van der Waals surface area contributed by atoms with Crippen LogP contribution in [0.15, 0.2) is 24.3 Å². The molecule has 0 unspecified atom stereocenters. The minimum absolute atomic E-state index is 0.0209. The Morgan fingerprint density at radius 2 is 1.85 bits per heavy atom. The SMILES string of the molecule is COC(C)(C)C(=O)N1CCCNC(=O)[C@H]2C[C@@H]3CCCN3[C@@]23C(=O)N(CCC1)c1ccccc13. The summed E-state index contributed by atoms with van der Waals surface area (Å²) >= 11 is 0. The number of hydrogen-bond donors (Lipinski definition) is 1. The monoisotopic (exact) mass is 468 g/mol. The minimum Gasteiger partial charge on any atom is -0.369 e. The third-order valence-electron chi connectivity index (χ3n) is 8.36. The summed E-state index contributed by atoms with van der Waals surface area (Å²) in [6.07, 6.45) is 4.14. The fourth-order valence-corrected chi connectivity index (χ4v) is 6.59. The third-order valence-corrected chi connectivity index (χ3v) is 8.36. The van der Waals surface area contributed by atoms with Crippen LogP contribution in [0.4, 0.5) is 5.69 Å². The van der Waals surface area contributed by atoms with E-state index in [-0.39, 0.29) is 23.8 Å². The van der Waals surface area contributed by atoms with Gasteiger partial charge in [-0.1, -0.05) is 18.2 Å². The van der Waals surface area contributed by atoms with E-state index in [9.17, 15) is 14.4 Å². The molecule has 8 nitrogen and oxygen atoms in total. The van der Waals surface area contributed by atoms with Gasteiger partial charge in [0.05, 0.1) is 5.92 Å². The number of anilines is 1. The zero-order valence-corrected chi connectivity index (χ0v) is 20.5. The molecule has 4 aliphatic rings. The van der Waals surface area contributed by atoms with Crippen molar-refractivity contribution < 1.29 is 19.1 Å². The van der Waals surface area contributed by atoms with Gasteiger partial charge in [0.15, 0.2) is 0 Å². The topological polar surface area (TPSA) is 82.2 Å². The van der Waals surface area contributed by atoms with Crippen LogP contribution in [-0.4, -0.2) is 79.0 Å². The Labute approximate surface area is 201 Å². The predicted molar refractivity (Wildman–Crippen MR) is 128 cm³/mol. The van der Waals surface area contributed by atoms with Gasteiger partial charge in [0.1, 0.15) is 11.1 Å². The maximum atomic E-state index is 14.3. The zero-order chi connectivity index (χ0) is 24.1. The number of methoxy groups -OCH3 is 1. The standard InChI is InChI=1S/C26H36N4O4/c1-25(2,34-3)23(32)28-13-7-12-27-22(31)20-17-18-9-6-16-30(18)26(20)19-10-4-5-11-21(19)29(24(26)33)15-8-14-28/h4-5,10-11,18,20H,6-9,12-17H2,1-3H3,(H,27,31)/t18-,20+,26+/m0/s1. The van der Waals surface area contributed by atoms with Crippen molar-refractivity contribution in [3.8, 4) is 0 Å². The summed E-state index contributed by atoms with van der Waals surface area (Å²) in [5, 5.41) is 3.12. The van der Waals surface area contributed by atoms with Crippen LogP contribution in [0.25, 0.3) is 0 Å². The number of para-hydroxylation sites is 1. The van der Waals surface area contributed by atoms with E-state index in [2.05, 4.69) is 10.2 Å². The Morgan fingerprint density at radius 1 is 1.09 bits per heavy atom. The molecule has 0 aliphatic carbocycles. The molecule has 8 heteroatoms. The summed E-state index contributed by atoms with van der Waals surface area (Å²) in [4.78, 5) is 47.0. The molecule has 0 saturated carbocycles. The molecule has 0 aromatic heterocycles. The van der Waals surface area contributed by atoms with Crippen LogP contribution in [-0.2, 0) is 24.7 Å². The summed E-state index contributed by atoms with van der Waals surface area (Å²) in [6.45, 7) is 6.46. The molecule has 1 aromatic rings. The maximum Gasteiger partial charge on any atom is 0.254 e. The lowest BCUT2D eigenvalue weighted by Crippen LogP contribution is -2.56. The fourth-order valence-electron chi connectivity index (χ4n) is 6.59. The molecule has 1 spiro atoms. The van der Waals surface area contributed by atoms with Crippen LogP contribution in [0.2, 0.25) is 0 Å². The fraction of sp³-hybridized carbons (Fsp3) is 0.654. The second-order valence-electron chi connectivity index (χ2n) is 10.5. The maximum absolute atomic E-state index is 14.3. The summed E-state index contributed by atoms with van der Waals surface area (Å²) in [7, 11) is 1.54. The van der Waals surface area contributed by atoms with E-state index in [1.807, 2.05) is 34.1 Å². The predicted octanol–water partition coefficient (Wildman–Crippen LogP) is 1.88. The van der Waals surface area contributed by atoms with Crippen LogP contribution in [0.5, 0.6) is 0 Å². The number of carbonyl (C=O) groups excluding carboxylic acids is 3. The molecule has 3 amide bonds. The molecule has 3 saturated heterocycles. The van der Waals surface area contributed by atoms with Gasteiger partial charge in [0.2, 0.25) is 5.91 Å². The summed E-state index contributed by atoms with van der Waals surface area (Å²) < 4.78 is 5.43. The van der Waals surface area contributed by atoms with E-state index in [4.69, 9.17) is 4.74 Å². The highest BCUT2D eigenvalue weighted by Gasteiger charge is 2.67. The molecular weight excluding hydrogens is 432 g/mol. The van der Waals surface area contributed by atoms with Gasteiger partial charge in [-0.3, -0.25) is 19.3 Å². The van der Waals surface area contributed by atoms with Crippen molar-refractivity contribution in [2.24, 2.45) is 5.92 Å². The number of amides is 3. The van der Waals surface area contributed by atoms with E-state index in [1.165, 1.54) is 0 Å². The quantitative estimate of drug-likeness (QED) is 0.717. The van der Waals surface area contributed by atoms with E-state index in [1.54, 1.807) is 21.0 Å². The Hall–Kier alpha value is -2.45. The minimum atomic E-state index is -0.918. The normalized spacial score (nSPS) is 30.1. The molecule has 4 heterocycles. The number of hydrogen-bond acceptors (Lipinski definition) is 5. The molecule has 2 bridgehead atoms. The van der Waals surface area contributed by atoms with Crippen molar-refractivity contribution in [1.29, 1.82) is 0 Å². The number of fused-ring (bicyclic) bond motifs is 4. The summed E-state index contributed by atoms with van der Waals surface area (Å²) in [6, 6.07) is 8.25. The molecule has 0 radical (unpaired) electrons. The number of ether oxygens (including phenoxy) is 1. The molecule has 3 fully saturated rings. The smallest absolute Gasteiger partial charge is 0.254 e. The lowest BCUT2D eigenvalue weighted by molar-refractivity contribution is -0.151. The Kier molecular flexibility index (Phi) is 5.92. The van der Waals surface area contributed by atoms with Crippen molar-refractivity contribution in [3.63, 3.8) is 0 Å². The average Bonchev–Trinajstić information content (AvgIpc) is 3.48. The van der Waals surface area contributed by atoms with E-state index in [0.29, 0.717) is 45.4 Å². The van der Waals surface area contributed by atoms with E-state index in [0.717, 1.165) is 30.6 Å². The number of nitrogens with one attached hydrogen (secondary N) is 1. The lowest BCUT2D eigenvalue weighted by atomic mass is 9.78. The molecule has 34 heavy (non-hydrogen) atoms. The highest BCUT2D eigenvalue weighted by atomic mass is 16.5. The molecule has 1 aromatic carbocycles. The molecular formula is C26H36N4O4. The molecule has 5 rings (SSSR count). The van der Waals surface area contributed by atoms with Crippen molar-refractivity contribution in [2.45, 2.75) is 63.1 Å². The largest absolute Gasteiger partial charge is 0.369 e.